The van der Waals surface area contributed by atoms with Gasteiger partial charge >= 0.3 is 12.1 Å². The van der Waals surface area contributed by atoms with Crippen LogP contribution in [-0.2, 0) is 16.0 Å². The zero-order valence-corrected chi connectivity index (χ0v) is 34.0. The Morgan fingerprint density at radius 1 is 1.05 bits per heavy atom. The fourth-order valence-electron chi connectivity index (χ4n) is 6.01. The molecule has 3 aromatic heterocycles. The molecule has 5 aromatic rings. The summed E-state index contributed by atoms with van der Waals surface area (Å²) in [5.41, 5.74) is 1.94. The van der Waals surface area contributed by atoms with Crippen molar-refractivity contribution in [2.75, 3.05) is 38.1 Å². The first-order valence-electron chi connectivity index (χ1n) is 18.1. The highest BCUT2D eigenvalue weighted by Crippen LogP contribution is 2.38. The Hall–Kier alpha value is -6.40. The van der Waals surface area contributed by atoms with Gasteiger partial charge in [0, 0.05) is 18.8 Å². The number of benzene rings is 2. The summed E-state index contributed by atoms with van der Waals surface area (Å²) in [5, 5.41) is 18.1. The van der Waals surface area contributed by atoms with Crippen molar-refractivity contribution in [1.82, 2.24) is 24.3 Å². The maximum absolute atomic E-state index is 14.2. The topological polar surface area (TPSA) is 176 Å². The number of nitriles is 1. The Morgan fingerprint density at radius 3 is 2.32 bits per heavy atom. The van der Waals surface area contributed by atoms with Gasteiger partial charge in [0.15, 0.2) is 5.69 Å². The fourth-order valence-corrected chi connectivity index (χ4v) is 6.24. The van der Waals surface area contributed by atoms with Gasteiger partial charge in [0.1, 0.15) is 22.7 Å². The first-order chi connectivity index (χ1) is 27.1. The fraction of sp³-hybridized carbons (Fsp3) is 0.341. The van der Waals surface area contributed by atoms with Gasteiger partial charge in [0.2, 0.25) is 11.8 Å². The average Bonchev–Trinajstić information content (AvgIpc) is 3.58. The van der Waals surface area contributed by atoms with Crippen molar-refractivity contribution >= 4 is 35.3 Å². The molecule has 0 aliphatic rings. The molecule has 0 aliphatic heterocycles. The summed E-state index contributed by atoms with van der Waals surface area (Å²) in [4.78, 5) is 51.1. The SMILES string of the molecule is CCOC(=O)c1nn(-c2cnc(N(C)C(=O)OC(C)(C)C)nc2OC)c(C(C)C)c1C(Nc1cc(Cl)cn(Cc2ccc(OC)cc2)c1=O)c1ccc(C#N)cc1. The van der Waals surface area contributed by atoms with E-state index >= 15 is 0 Å². The summed E-state index contributed by atoms with van der Waals surface area (Å²) < 4.78 is 25.0. The first kappa shape index (κ1) is 41.8. The highest BCUT2D eigenvalue weighted by atomic mass is 35.5. The molecule has 298 valence electrons. The van der Waals surface area contributed by atoms with E-state index in [4.69, 9.17) is 35.6 Å². The van der Waals surface area contributed by atoms with Crippen LogP contribution in [0, 0.1) is 11.3 Å². The minimum atomic E-state index is -0.923. The number of carbonyl (C=O) groups excluding carboxylic acids is 2. The number of halogens is 1. The average molecular weight is 797 g/mol. The van der Waals surface area contributed by atoms with Gasteiger partial charge in [0.05, 0.1) is 62.0 Å². The molecule has 0 fully saturated rings. The Labute approximate surface area is 335 Å². The lowest BCUT2D eigenvalue weighted by Crippen LogP contribution is -2.35. The van der Waals surface area contributed by atoms with Crippen molar-refractivity contribution in [3.8, 4) is 23.4 Å². The van der Waals surface area contributed by atoms with Crippen LogP contribution in [-0.4, -0.2) is 69.9 Å². The van der Waals surface area contributed by atoms with Crippen LogP contribution >= 0.6 is 11.6 Å². The molecule has 0 saturated heterocycles. The van der Waals surface area contributed by atoms with Crippen molar-refractivity contribution in [1.29, 1.82) is 5.26 Å². The monoisotopic (exact) mass is 796 g/mol. The number of ether oxygens (including phenoxy) is 4. The molecule has 3 heterocycles. The summed E-state index contributed by atoms with van der Waals surface area (Å²) in [5.74, 6) is -0.327. The molecule has 57 heavy (non-hydrogen) atoms. The highest BCUT2D eigenvalue weighted by Gasteiger charge is 2.34. The lowest BCUT2D eigenvalue weighted by molar-refractivity contribution is 0.0516. The van der Waals surface area contributed by atoms with Crippen LogP contribution in [0.25, 0.3) is 5.69 Å². The standard InChI is InChI=1S/C41H45ClN8O7/c1-10-56-38(52)34-32(35(24(2)3)50(47-34)31-21-44-39(46-36(31)55-9)48(7)40(53)57-41(4,5)6)33(27-15-11-25(20-43)12-16-27)45-30-19-28(42)23-49(37(30)51)22-26-13-17-29(54-8)18-14-26/h11-19,21,23-24,33,45H,10,22H2,1-9H3. The van der Waals surface area contributed by atoms with Crippen LogP contribution in [0.4, 0.5) is 16.4 Å². The number of esters is 1. The second-order valence-electron chi connectivity index (χ2n) is 14.2. The molecule has 2 aromatic carbocycles. The summed E-state index contributed by atoms with van der Waals surface area (Å²) in [6.45, 7) is 11.0. The third-order valence-corrected chi connectivity index (χ3v) is 8.82. The van der Waals surface area contributed by atoms with E-state index in [2.05, 4.69) is 21.4 Å². The molecule has 0 spiro atoms. The van der Waals surface area contributed by atoms with E-state index in [-0.39, 0.29) is 58.5 Å². The molecule has 5 rings (SSSR count). The van der Waals surface area contributed by atoms with Gasteiger partial charge in [-0.2, -0.15) is 15.3 Å². The minimum absolute atomic E-state index is 0.00190. The van der Waals surface area contributed by atoms with E-state index in [1.54, 1.807) is 77.4 Å². The third-order valence-electron chi connectivity index (χ3n) is 8.61. The number of methoxy groups -OCH3 is 2. The Bertz CT molecular complexity index is 2340. The molecule has 15 nitrogen and oxygen atoms in total. The van der Waals surface area contributed by atoms with Gasteiger partial charge in [-0.25, -0.2) is 24.2 Å². The number of anilines is 2. The van der Waals surface area contributed by atoms with E-state index in [0.717, 1.165) is 10.5 Å². The molecule has 0 bridgehead atoms. The quantitative estimate of drug-likeness (QED) is 0.118. The van der Waals surface area contributed by atoms with Gasteiger partial charge in [-0.05, 0) is 75.1 Å². The maximum Gasteiger partial charge on any atom is 0.416 e. The third kappa shape index (κ3) is 9.53. The lowest BCUT2D eigenvalue weighted by atomic mass is 9.91. The summed E-state index contributed by atoms with van der Waals surface area (Å²) >= 11 is 6.65. The molecule has 1 atom stereocenters. The van der Waals surface area contributed by atoms with E-state index in [9.17, 15) is 19.6 Å². The number of nitrogens with one attached hydrogen (secondary N) is 1. The number of rotatable bonds is 13. The van der Waals surface area contributed by atoms with Crippen LogP contribution in [0.1, 0.15) is 91.9 Å². The van der Waals surface area contributed by atoms with E-state index in [1.165, 1.54) is 35.7 Å². The van der Waals surface area contributed by atoms with Crippen LogP contribution in [0.3, 0.4) is 0 Å². The first-order valence-corrected chi connectivity index (χ1v) is 18.4. The predicted molar refractivity (Wildman–Crippen MR) is 215 cm³/mol. The van der Waals surface area contributed by atoms with Gasteiger partial charge in [-0.3, -0.25) is 4.79 Å². The molecule has 16 heteroatoms. The molecule has 1 N–H and O–H groups in total. The van der Waals surface area contributed by atoms with E-state index in [0.29, 0.717) is 28.1 Å². The number of aromatic nitrogens is 5. The number of carbonyl (C=O) groups is 2. The van der Waals surface area contributed by atoms with Crippen molar-refractivity contribution in [3.05, 3.63) is 116 Å². The normalized spacial score (nSPS) is 11.8. The van der Waals surface area contributed by atoms with Gasteiger partial charge in [-0.1, -0.05) is 49.7 Å². The molecular formula is C41H45ClN8O7. The minimum Gasteiger partial charge on any atom is -0.497 e. The molecule has 0 radical (unpaired) electrons. The van der Waals surface area contributed by atoms with Gasteiger partial charge < -0.3 is 28.8 Å². The van der Waals surface area contributed by atoms with Gasteiger partial charge in [-0.15, -0.1) is 0 Å². The van der Waals surface area contributed by atoms with Crippen LogP contribution in [0.2, 0.25) is 5.02 Å². The largest absolute Gasteiger partial charge is 0.497 e. The van der Waals surface area contributed by atoms with Crippen LogP contribution in [0.15, 0.2) is 71.8 Å². The zero-order valence-electron chi connectivity index (χ0n) is 33.3. The lowest BCUT2D eigenvalue weighted by Gasteiger charge is -2.25. The van der Waals surface area contributed by atoms with Crippen molar-refractivity contribution in [2.45, 2.75) is 65.6 Å². The Morgan fingerprint density at radius 2 is 1.74 bits per heavy atom. The smallest absolute Gasteiger partial charge is 0.416 e. The van der Waals surface area contributed by atoms with Gasteiger partial charge in [0.25, 0.3) is 5.56 Å². The molecule has 0 aliphatic carbocycles. The number of amides is 1. The van der Waals surface area contributed by atoms with Crippen molar-refractivity contribution in [3.63, 3.8) is 0 Å². The number of nitrogens with zero attached hydrogens (tertiary/aromatic N) is 7. The number of pyridine rings is 1. The zero-order chi connectivity index (χ0) is 41.6. The summed E-state index contributed by atoms with van der Waals surface area (Å²) in [6.07, 6.45) is 2.30. The molecule has 1 unspecified atom stereocenters. The number of hydrogen-bond donors (Lipinski definition) is 1. The van der Waals surface area contributed by atoms with E-state index in [1.807, 2.05) is 26.0 Å². The molecule has 1 amide bonds. The Balaban J connectivity index is 1.72. The van der Waals surface area contributed by atoms with Crippen LogP contribution < -0.4 is 25.2 Å². The van der Waals surface area contributed by atoms with Crippen molar-refractivity contribution < 1.29 is 28.5 Å². The number of hydrogen-bond acceptors (Lipinski definition) is 12. The summed E-state index contributed by atoms with van der Waals surface area (Å²) in [7, 11) is 4.46. The second kappa shape index (κ2) is 17.6. The van der Waals surface area contributed by atoms with Crippen molar-refractivity contribution in [2.24, 2.45) is 0 Å². The van der Waals surface area contributed by atoms with E-state index < -0.39 is 23.7 Å². The molecule has 0 saturated carbocycles. The molecular weight excluding hydrogens is 752 g/mol. The predicted octanol–water partition coefficient (Wildman–Crippen LogP) is 7.29. The second-order valence-corrected chi connectivity index (χ2v) is 14.6. The highest BCUT2D eigenvalue weighted by molar-refractivity contribution is 6.30. The Kier molecular flexibility index (Phi) is 12.9. The maximum atomic E-state index is 14.2. The summed E-state index contributed by atoms with van der Waals surface area (Å²) in [6, 6.07) is 16.8. The van der Waals surface area contributed by atoms with Crippen LogP contribution in [0.5, 0.6) is 11.6 Å².